The first kappa shape index (κ1) is 14.2. The molecule has 0 aromatic heterocycles. The highest BCUT2D eigenvalue weighted by atomic mass is 16.3. The second-order valence-corrected chi connectivity index (χ2v) is 7.13. The van der Waals surface area contributed by atoms with Crippen molar-refractivity contribution < 1.29 is 9.90 Å². The molecule has 3 nitrogen and oxygen atoms in total. The molecule has 0 unspecified atom stereocenters. The van der Waals surface area contributed by atoms with Gasteiger partial charge in [-0.2, -0.15) is 0 Å². The number of likely N-dealkylation sites (tertiary alicyclic amines) is 1. The van der Waals surface area contributed by atoms with Crippen molar-refractivity contribution in [2.45, 2.75) is 49.2 Å². The van der Waals surface area contributed by atoms with Gasteiger partial charge in [-0.05, 0) is 36.9 Å². The molecule has 3 heteroatoms. The van der Waals surface area contributed by atoms with Gasteiger partial charge in [0.25, 0.3) is 0 Å². The van der Waals surface area contributed by atoms with E-state index < -0.39 is 5.60 Å². The van der Waals surface area contributed by atoms with Crippen molar-refractivity contribution in [3.8, 4) is 0 Å². The molecule has 2 aliphatic carbocycles. The number of aliphatic hydroxyl groups is 1. The lowest BCUT2D eigenvalue weighted by molar-refractivity contribution is -0.170. The second-order valence-electron chi connectivity index (χ2n) is 7.13. The maximum atomic E-state index is 12.2. The Morgan fingerprint density at radius 2 is 2.18 bits per heavy atom. The largest absolute Gasteiger partial charge is 0.387 e. The highest BCUT2D eigenvalue weighted by molar-refractivity contribution is 5.82. The number of rotatable bonds is 2. The van der Waals surface area contributed by atoms with Crippen LogP contribution in [0, 0.1) is 0 Å². The van der Waals surface area contributed by atoms with Crippen LogP contribution in [-0.4, -0.2) is 40.5 Å². The van der Waals surface area contributed by atoms with Gasteiger partial charge in [0, 0.05) is 30.8 Å². The highest BCUT2D eigenvalue weighted by Crippen LogP contribution is 2.57. The van der Waals surface area contributed by atoms with Crippen LogP contribution >= 0.6 is 0 Å². The summed E-state index contributed by atoms with van der Waals surface area (Å²) < 4.78 is 0. The fourth-order valence-electron chi connectivity index (χ4n) is 5.25. The second kappa shape index (κ2) is 4.77. The molecular formula is C19H23NO2. The summed E-state index contributed by atoms with van der Waals surface area (Å²) in [5.74, 6) is 0.303. The van der Waals surface area contributed by atoms with Crippen LogP contribution in [0.1, 0.15) is 36.8 Å². The van der Waals surface area contributed by atoms with E-state index in [2.05, 4.69) is 29.7 Å². The highest BCUT2D eigenvalue weighted by Gasteiger charge is 2.64. The molecule has 3 atom stereocenters. The first-order chi connectivity index (χ1) is 10.6. The fourth-order valence-corrected chi connectivity index (χ4v) is 5.25. The molecule has 0 amide bonds. The molecule has 2 fully saturated rings. The van der Waals surface area contributed by atoms with Gasteiger partial charge < -0.3 is 5.11 Å². The number of hydrogen-bond acceptors (Lipinski definition) is 3. The molecule has 1 aromatic rings. The molecule has 1 aromatic carbocycles. The molecule has 2 bridgehead atoms. The van der Waals surface area contributed by atoms with Crippen molar-refractivity contribution in [2.24, 2.45) is 0 Å². The summed E-state index contributed by atoms with van der Waals surface area (Å²) in [5, 5.41) is 11.7. The molecule has 0 radical (unpaired) electrons. The van der Waals surface area contributed by atoms with Crippen molar-refractivity contribution in [3.63, 3.8) is 0 Å². The van der Waals surface area contributed by atoms with Gasteiger partial charge >= 0.3 is 0 Å². The van der Waals surface area contributed by atoms with E-state index >= 15 is 0 Å². The first-order valence-corrected chi connectivity index (χ1v) is 8.28. The van der Waals surface area contributed by atoms with Gasteiger partial charge in [0.05, 0.1) is 5.60 Å². The van der Waals surface area contributed by atoms with Gasteiger partial charge in [-0.3, -0.25) is 9.69 Å². The monoisotopic (exact) mass is 297 g/mol. The lowest BCUT2D eigenvalue weighted by Crippen LogP contribution is -2.73. The van der Waals surface area contributed by atoms with Crippen LogP contribution in [0.25, 0.3) is 0 Å². The van der Waals surface area contributed by atoms with Crippen molar-refractivity contribution in [3.05, 3.63) is 48.0 Å². The number of nitrogens with zero attached hydrogens (tertiary/aromatic N) is 1. The maximum absolute atomic E-state index is 12.2. The van der Waals surface area contributed by atoms with E-state index in [0.29, 0.717) is 25.0 Å². The molecule has 22 heavy (non-hydrogen) atoms. The minimum absolute atomic E-state index is 0.0993. The van der Waals surface area contributed by atoms with Crippen LogP contribution in [0.3, 0.4) is 0 Å². The van der Waals surface area contributed by atoms with Gasteiger partial charge in [0.15, 0.2) is 0 Å². The van der Waals surface area contributed by atoms with Crippen LogP contribution < -0.4 is 0 Å². The Labute approximate surface area is 131 Å². The normalized spacial score (nSPS) is 37.3. The molecule has 116 valence electrons. The summed E-state index contributed by atoms with van der Waals surface area (Å²) in [6, 6.07) is 8.52. The van der Waals surface area contributed by atoms with Crippen molar-refractivity contribution >= 4 is 5.78 Å². The Bertz CT molecular complexity index is 640. The van der Waals surface area contributed by atoms with E-state index in [1.165, 1.54) is 11.1 Å². The Morgan fingerprint density at radius 3 is 3.00 bits per heavy atom. The smallest absolute Gasteiger partial charge is 0.134 e. The Kier molecular flexibility index (Phi) is 3.07. The van der Waals surface area contributed by atoms with Gasteiger partial charge in [-0.15, -0.1) is 6.58 Å². The number of carbonyl (C=O) groups is 1. The van der Waals surface area contributed by atoms with Crippen LogP contribution in [0.15, 0.2) is 36.9 Å². The molecule has 1 saturated heterocycles. The minimum atomic E-state index is -0.781. The number of ketones is 1. The zero-order valence-electron chi connectivity index (χ0n) is 12.9. The average molecular weight is 297 g/mol. The zero-order valence-corrected chi connectivity index (χ0v) is 12.9. The minimum Gasteiger partial charge on any atom is -0.387 e. The zero-order chi connectivity index (χ0) is 15.4. The quantitative estimate of drug-likeness (QED) is 0.851. The molecule has 4 rings (SSSR count). The summed E-state index contributed by atoms with van der Waals surface area (Å²) in [7, 11) is 0. The predicted molar refractivity (Wildman–Crippen MR) is 85.8 cm³/mol. The molecular weight excluding hydrogens is 274 g/mol. The number of carbonyl (C=O) groups excluding carboxylic acids is 1. The third-order valence-corrected chi connectivity index (χ3v) is 6.24. The van der Waals surface area contributed by atoms with Crippen molar-refractivity contribution in [1.29, 1.82) is 0 Å². The number of fused-ring (bicyclic) bond motifs is 1. The topological polar surface area (TPSA) is 40.5 Å². The number of piperidine rings is 1. The van der Waals surface area contributed by atoms with E-state index in [1.54, 1.807) is 0 Å². The third kappa shape index (κ3) is 1.67. The van der Waals surface area contributed by atoms with Gasteiger partial charge in [-0.25, -0.2) is 0 Å². The summed E-state index contributed by atoms with van der Waals surface area (Å²) in [6.45, 7) is 5.60. The SMILES string of the molecule is C=CCN1CC[C@]23CC(=O)CC[C@@]2(O)[C@H]1Cc1ccccc13. The predicted octanol–water partition coefficient (Wildman–Crippen LogP) is 2.22. The van der Waals surface area contributed by atoms with Crippen LogP contribution in [0.2, 0.25) is 0 Å². The van der Waals surface area contributed by atoms with Crippen LogP contribution in [0.5, 0.6) is 0 Å². The Morgan fingerprint density at radius 1 is 1.36 bits per heavy atom. The Hall–Kier alpha value is -1.45. The van der Waals surface area contributed by atoms with E-state index in [1.807, 2.05) is 12.1 Å². The van der Waals surface area contributed by atoms with E-state index in [0.717, 1.165) is 25.9 Å². The van der Waals surface area contributed by atoms with Crippen LogP contribution in [-0.2, 0) is 16.6 Å². The standard InChI is InChI=1S/C19H23NO2/c1-2-10-20-11-9-18-13-15(21)7-8-19(18,22)17(20)12-14-5-3-4-6-16(14)18/h2-6,17,22H,1,7-13H2/t17-,18-,19-/m1/s1. The van der Waals surface area contributed by atoms with E-state index in [4.69, 9.17) is 0 Å². The summed E-state index contributed by atoms with van der Waals surface area (Å²) in [4.78, 5) is 14.6. The first-order valence-electron chi connectivity index (χ1n) is 8.28. The molecule has 3 aliphatic rings. The summed E-state index contributed by atoms with van der Waals surface area (Å²) in [5.41, 5.74) is 1.37. The molecule has 1 saturated carbocycles. The molecule has 1 heterocycles. The lowest BCUT2D eigenvalue weighted by atomic mass is 9.49. The average Bonchev–Trinajstić information content (AvgIpc) is 2.51. The molecule has 1 N–H and O–H groups in total. The summed E-state index contributed by atoms with van der Waals surface area (Å²) >= 11 is 0. The number of hydrogen-bond donors (Lipinski definition) is 1. The van der Waals surface area contributed by atoms with Crippen LogP contribution in [0.4, 0.5) is 0 Å². The van der Waals surface area contributed by atoms with E-state index in [-0.39, 0.29) is 11.5 Å². The molecule has 0 spiro atoms. The van der Waals surface area contributed by atoms with Gasteiger partial charge in [0.2, 0.25) is 0 Å². The van der Waals surface area contributed by atoms with Gasteiger partial charge in [0.1, 0.15) is 5.78 Å². The maximum Gasteiger partial charge on any atom is 0.134 e. The van der Waals surface area contributed by atoms with Crippen molar-refractivity contribution in [2.75, 3.05) is 13.1 Å². The third-order valence-electron chi connectivity index (χ3n) is 6.24. The fraction of sp³-hybridized carbons (Fsp3) is 0.526. The van der Waals surface area contributed by atoms with Crippen molar-refractivity contribution in [1.82, 2.24) is 4.90 Å². The van der Waals surface area contributed by atoms with E-state index in [9.17, 15) is 9.90 Å². The lowest BCUT2D eigenvalue weighted by Gasteiger charge is -2.63. The summed E-state index contributed by atoms with van der Waals surface area (Å²) in [6.07, 6.45) is 5.26. The van der Waals surface area contributed by atoms with Gasteiger partial charge in [-0.1, -0.05) is 30.3 Å². The number of Topliss-reactive ketones (excluding diaryl/α,β-unsaturated/α-hetero) is 1. The Balaban J connectivity index is 1.90. The molecule has 1 aliphatic heterocycles. The number of benzene rings is 1.